The molecule has 1 rings (SSSR count). The lowest BCUT2D eigenvalue weighted by atomic mass is 10.2. The molecule has 0 saturated heterocycles. The molecule has 2 amide bonds. The van der Waals surface area contributed by atoms with E-state index in [0.29, 0.717) is 5.56 Å². The fourth-order valence-electron chi connectivity index (χ4n) is 1.19. The Morgan fingerprint density at radius 2 is 2.11 bits per heavy atom. The molecule has 2 N–H and O–H groups in total. The Morgan fingerprint density at radius 1 is 1.44 bits per heavy atom. The number of urea groups is 1. The van der Waals surface area contributed by atoms with E-state index in [9.17, 15) is 14.0 Å². The second-order valence-electron chi connectivity index (χ2n) is 3.54. The summed E-state index contributed by atoms with van der Waals surface area (Å²) >= 11 is 0. The lowest BCUT2D eigenvalue weighted by Gasteiger charge is -2.17. The molecule has 0 saturated carbocycles. The van der Waals surface area contributed by atoms with Gasteiger partial charge in [-0.05, 0) is 6.07 Å². The van der Waals surface area contributed by atoms with Gasteiger partial charge >= 0.3 is 12.0 Å². The molecular weight excluding hydrogens is 243 g/mol. The number of hydroxylamine groups is 1. The quantitative estimate of drug-likeness (QED) is 0.770. The van der Waals surface area contributed by atoms with Gasteiger partial charge in [0.25, 0.3) is 0 Å². The second kappa shape index (κ2) is 6.55. The molecule has 0 heterocycles. The predicted octanol–water partition coefficient (Wildman–Crippen LogP) is 0.983. The number of carboxylic acid groups (broad SMARTS) is 1. The van der Waals surface area contributed by atoms with E-state index in [1.807, 2.05) is 5.48 Å². The van der Waals surface area contributed by atoms with Crippen molar-refractivity contribution >= 4 is 12.0 Å². The SMILES string of the molecule is CN(Cc1ccccc1F)C(=O)NOCC(=O)O. The van der Waals surface area contributed by atoms with Crippen LogP contribution in [0.1, 0.15) is 5.56 Å². The van der Waals surface area contributed by atoms with Gasteiger partial charge < -0.3 is 10.0 Å². The minimum absolute atomic E-state index is 0.0505. The summed E-state index contributed by atoms with van der Waals surface area (Å²) in [6.07, 6.45) is 0. The number of aliphatic carboxylic acids is 1. The number of carbonyl (C=O) groups is 2. The fraction of sp³-hybridized carbons (Fsp3) is 0.273. The zero-order valence-electron chi connectivity index (χ0n) is 9.72. The molecule has 1 aromatic carbocycles. The number of nitrogens with zero attached hydrogens (tertiary/aromatic N) is 1. The van der Waals surface area contributed by atoms with Gasteiger partial charge in [0.2, 0.25) is 0 Å². The summed E-state index contributed by atoms with van der Waals surface area (Å²) in [7, 11) is 1.44. The van der Waals surface area contributed by atoms with Crippen LogP contribution in [-0.4, -0.2) is 35.7 Å². The van der Waals surface area contributed by atoms with Crippen LogP contribution in [0.15, 0.2) is 24.3 Å². The molecule has 0 radical (unpaired) electrons. The van der Waals surface area contributed by atoms with Gasteiger partial charge in [-0.1, -0.05) is 18.2 Å². The topological polar surface area (TPSA) is 78.9 Å². The van der Waals surface area contributed by atoms with Crippen molar-refractivity contribution in [2.24, 2.45) is 0 Å². The second-order valence-corrected chi connectivity index (χ2v) is 3.54. The molecule has 7 heteroatoms. The zero-order chi connectivity index (χ0) is 13.5. The Kier molecular flexibility index (Phi) is 5.06. The van der Waals surface area contributed by atoms with Gasteiger partial charge in [-0.2, -0.15) is 0 Å². The van der Waals surface area contributed by atoms with Gasteiger partial charge in [-0.3, -0.25) is 4.84 Å². The molecule has 0 aliphatic rings. The van der Waals surface area contributed by atoms with Crippen LogP contribution in [0, 0.1) is 5.82 Å². The van der Waals surface area contributed by atoms with Crippen LogP contribution in [0.5, 0.6) is 0 Å². The summed E-state index contributed by atoms with van der Waals surface area (Å²) in [4.78, 5) is 27.1. The lowest BCUT2D eigenvalue weighted by molar-refractivity contribution is -0.144. The molecule has 0 fully saturated rings. The third-order valence-electron chi connectivity index (χ3n) is 2.07. The molecule has 0 aromatic heterocycles. The maximum absolute atomic E-state index is 13.3. The molecular formula is C11H13FN2O4. The van der Waals surface area contributed by atoms with E-state index >= 15 is 0 Å². The van der Waals surface area contributed by atoms with Crippen LogP contribution in [0.2, 0.25) is 0 Å². The normalized spacial score (nSPS) is 9.89. The van der Waals surface area contributed by atoms with Crippen molar-refractivity contribution in [1.82, 2.24) is 10.4 Å². The Hall–Kier alpha value is -2.15. The number of hydrogen-bond donors (Lipinski definition) is 2. The van der Waals surface area contributed by atoms with Crippen molar-refractivity contribution in [2.45, 2.75) is 6.54 Å². The fourth-order valence-corrected chi connectivity index (χ4v) is 1.19. The number of amides is 2. The summed E-state index contributed by atoms with van der Waals surface area (Å²) in [6.45, 7) is -0.589. The highest BCUT2D eigenvalue weighted by Gasteiger charge is 2.11. The molecule has 6 nitrogen and oxygen atoms in total. The van der Waals surface area contributed by atoms with E-state index in [1.165, 1.54) is 18.0 Å². The number of hydrogen-bond acceptors (Lipinski definition) is 3. The average Bonchev–Trinajstić information content (AvgIpc) is 2.31. The Labute approximate surface area is 103 Å². The van der Waals surface area contributed by atoms with E-state index in [4.69, 9.17) is 5.11 Å². The first kappa shape index (κ1) is 13.9. The molecule has 0 spiro atoms. The maximum atomic E-state index is 13.3. The predicted molar refractivity (Wildman–Crippen MR) is 60.0 cm³/mol. The van der Waals surface area contributed by atoms with Crippen molar-refractivity contribution in [1.29, 1.82) is 0 Å². The van der Waals surface area contributed by atoms with Crippen LogP contribution in [0.25, 0.3) is 0 Å². The van der Waals surface area contributed by atoms with Crippen molar-refractivity contribution in [3.05, 3.63) is 35.6 Å². The molecule has 0 bridgehead atoms. The zero-order valence-corrected chi connectivity index (χ0v) is 9.72. The van der Waals surface area contributed by atoms with E-state index in [0.717, 1.165) is 0 Å². The first-order valence-electron chi connectivity index (χ1n) is 5.09. The van der Waals surface area contributed by atoms with Crippen molar-refractivity contribution in [2.75, 3.05) is 13.7 Å². The average molecular weight is 256 g/mol. The summed E-state index contributed by atoms with van der Waals surface area (Å²) < 4.78 is 13.3. The first-order valence-corrected chi connectivity index (χ1v) is 5.09. The van der Waals surface area contributed by atoms with Crippen molar-refractivity contribution in [3.63, 3.8) is 0 Å². The minimum Gasteiger partial charge on any atom is -0.479 e. The molecule has 0 atom stereocenters. The van der Waals surface area contributed by atoms with E-state index in [1.54, 1.807) is 18.2 Å². The number of carbonyl (C=O) groups excluding carboxylic acids is 1. The van der Waals surface area contributed by atoms with Gasteiger partial charge in [-0.15, -0.1) is 0 Å². The maximum Gasteiger partial charge on any atom is 0.341 e. The Morgan fingerprint density at radius 3 is 2.72 bits per heavy atom. The lowest BCUT2D eigenvalue weighted by Crippen LogP contribution is -2.37. The van der Waals surface area contributed by atoms with Crippen LogP contribution in [0.4, 0.5) is 9.18 Å². The molecule has 98 valence electrons. The molecule has 1 aromatic rings. The monoisotopic (exact) mass is 256 g/mol. The van der Waals surface area contributed by atoms with Gasteiger partial charge in [0.05, 0.1) is 6.54 Å². The highest BCUT2D eigenvalue weighted by atomic mass is 19.1. The van der Waals surface area contributed by atoms with Crippen molar-refractivity contribution < 1.29 is 23.9 Å². The summed E-state index contributed by atoms with van der Waals surface area (Å²) in [5.74, 6) is -1.62. The molecule has 18 heavy (non-hydrogen) atoms. The number of nitrogens with one attached hydrogen (secondary N) is 1. The van der Waals surface area contributed by atoms with Crippen LogP contribution < -0.4 is 5.48 Å². The first-order chi connectivity index (χ1) is 8.50. The summed E-state index contributed by atoms with van der Waals surface area (Å²) in [5.41, 5.74) is 2.29. The van der Waals surface area contributed by atoms with Crippen LogP contribution >= 0.6 is 0 Å². The molecule has 0 aliphatic heterocycles. The number of carboxylic acids is 1. The smallest absolute Gasteiger partial charge is 0.341 e. The largest absolute Gasteiger partial charge is 0.479 e. The number of halogens is 1. The van der Waals surface area contributed by atoms with E-state index in [-0.39, 0.29) is 6.54 Å². The number of rotatable bonds is 5. The Balaban J connectivity index is 2.45. The number of benzene rings is 1. The summed E-state index contributed by atoms with van der Waals surface area (Å²) in [6, 6.07) is 5.40. The summed E-state index contributed by atoms with van der Waals surface area (Å²) in [5, 5.41) is 8.30. The highest BCUT2D eigenvalue weighted by molar-refractivity contribution is 5.73. The van der Waals surface area contributed by atoms with Crippen LogP contribution in [-0.2, 0) is 16.2 Å². The third kappa shape index (κ3) is 4.38. The third-order valence-corrected chi connectivity index (χ3v) is 2.07. The van der Waals surface area contributed by atoms with E-state index in [2.05, 4.69) is 4.84 Å². The van der Waals surface area contributed by atoms with Gasteiger partial charge in [-0.25, -0.2) is 19.5 Å². The van der Waals surface area contributed by atoms with Crippen molar-refractivity contribution in [3.8, 4) is 0 Å². The Bertz CT molecular complexity index is 439. The minimum atomic E-state index is -1.20. The standard InChI is InChI=1S/C11H13FN2O4/c1-14(11(17)13-18-7-10(15)16)6-8-4-2-3-5-9(8)12/h2-5H,6-7H2,1H3,(H,13,17)(H,15,16). The molecule has 0 unspecified atom stereocenters. The highest BCUT2D eigenvalue weighted by Crippen LogP contribution is 2.08. The molecule has 0 aliphatic carbocycles. The van der Waals surface area contributed by atoms with Gasteiger partial charge in [0, 0.05) is 12.6 Å². The van der Waals surface area contributed by atoms with Gasteiger partial charge in [0.15, 0.2) is 6.61 Å². The van der Waals surface area contributed by atoms with Crippen LogP contribution in [0.3, 0.4) is 0 Å². The van der Waals surface area contributed by atoms with Gasteiger partial charge in [0.1, 0.15) is 5.82 Å². The van der Waals surface area contributed by atoms with E-state index < -0.39 is 24.4 Å².